The molecular weight excluding hydrogens is 428 g/mol. The van der Waals surface area contributed by atoms with Crippen molar-refractivity contribution < 1.29 is 22.6 Å². The van der Waals surface area contributed by atoms with Gasteiger partial charge in [-0.2, -0.15) is 9.98 Å². The number of nitriles is 1. The molecule has 7 nitrogen and oxygen atoms in total. The number of sulfonamides is 1. The average Bonchev–Trinajstić information content (AvgIpc) is 2.82. The molecule has 1 N–H and O–H groups in total. The maximum absolute atomic E-state index is 13.3. The summed E-state index contributed by atoms with van der Waals surface area (Å²) in [6.07, 6.45) is 0. The number of nitrogens with one attached hydrogen (secondary N) is 1. The van der Waals surface area contributed by atoms with E-state index in [1.54, 1.807) is 60.7 Å². The van der Waals surface area contributed by atoms with E-state index in [0.717, 1.165) is 5.56 Å². The van der Waals surface area contributed by atoms with Crippen LogP contribution in [-0.2, 0) is 10.0 Å². The van der Waals surface area contributed by atoms with Gasteiger partial charge >= 0.3 is 0 Å². The van der Waals surface area contributed by atoms with Gasteiger partial charge in [0, 0.05) is 12.1 Å². The fraction of sp³-hybridized carbons (Fsp3) is 0.208. The van der Waals surface area contributed by atoms with Crippen LogP contribution in [0.2, 0.25) is 0 Å². The predicted octanol–water partition coefficient (Wildman–Crippen LogP) is 3.96. The van der Waals surface area contributed by atoms with Gasteiger partial charge in [0.1, 0.15) is 17.2 Å². The lowest BCUT2D eigenvalue weighted by Crippen LogP contribution is -2.30. The van der Waals surface area contributed by atoms with Crippen molar-refractivity contribution in [2.24, 2.45) is 0 Å². The van der Waals surface area contributed by atoms with Gasteiger partial charge in [0.05, 0.1) is 49.5 Å². The number of hydrogen-bond donors (Lipinski definition) is 1. The zero-order valence-electron chi connectivity index (χ0n) is 18.2. The number of nitrogens with zero attached hydrogens (tertiary/aromatic N) is 1. The summed E-state index contributed by atoms with van der Waals surface area (Å²) in [5, 5.41) is 9.15. The van der Waals surface area contributed by atoms with Crippen LogP contribution in [0.15, 0.2) is 65.6 Å². The van der Waals surface area contributed by atoms with E-state index in [9.17, 15) is 8.42 Å². The van der Waals surface area contributed by atoms with E-state index in [-0.39, 0.29) is 4.90 Å². The molecule has 0 amide bonds. The Morgan fingerprint density at radius 1 is 0.875 bits per heavy atom. The van der Waals surface area contributed by atoms with Gasteiger partial charge in [-0.25, -0.2) is 8.42 Å². The first-order valence-corrected chi connectivity index (χ1v) is 11.2. The summed E-state index contributed by atoms with van der Waals surface area (Å²) in [5.41, 5.74) is 2.51. The molecule has 1 atom stereocenters. The molecule has 0 saturated heterocycles. The second-order valence-corrected chi connectivity index (χ2v) is 8.76. The van der Waals surface area contributed by atoms with Gasteiger partial charge in [-0.15, -0.1) is 0 Å². The van der Waals surface area contributed by atoms with Gasteiger partial charge in [-0.05, 0) is 36.8 Å². The normalized spacial score (nSPS) is 12.0. The van der Waals surface area contributed by atoms with Gasteiger partial charge in [0.2, 0.25) is 10.0 Å². The van der Waals surface area contributed by atoms with Crippen LogP contribution in [0, 0.1) is 18.3 Å². The minimum absolute atomic E-state index is 0.133. The van der Waals surface area contributed by atoms with Crippen molar-refractivity contribution in [3.63, 3.8) is 0 Å². The SMILES string of the molecule is COc1cc(OC)c(C(NS(=O)(=O)c2ccc(C)cc2)c2ccc(C#N)cc2)c(OC)c1. The zero-order chi connectivity index (χ0) is 23.3. The van der Waals surface area contributed by atoms with Crippen LogP contribution >= 0.6 is 0 Å². The van der Waals surface area contributed by atoms with Crippen molar-refractivity contribution in [2.45, 2.75) is 17.9 Å². The molecule has 0 fully saturated rings. The first-order valence-electron chi connectivity index (χ1n) is 9.72. The Bertz CT molecular complexity index is 1210. The molecule has 1 unspecified atom stereocenters. The third-order valence-corrected chi connectivity index (χ3v) is 6.46. The van der Waals surface area contributed by atoms with Gasteiger partial charge < -0.3 is 14.2 Å². The number of aryl methyl sites for hydroxylation is 1. The van der Waals surface area contributed by atoms with Crippen LogP contribution < -0.4 is 18.9 Å². The molecule has 0 aliphatic carbocycles. The van der Waals surface area contributed by atoms with Crippen molar-refractivity contribution in [2.75, 3.05) is 21.3 Å². The standard InChI is InChI=1S/C24H24N2O5S/c1-16-5-11-20(12-6-16)32(27,28)26-24(18-9-7-17(15-25)8-10-18)23-21(30-3)13-19(29-2)14-22(23)31-4/h5-14,24,26H,1-4H3. The largest absolute Gasteiger partial charge is 0.496 e. The fourth-order valence-corrected chi connectivity index (χ4v) is 4.50. The molecule has 0 saturated carbocycles. The predicted molar refractivity (Wildman–Crippen MR) is 121 cm³/mol. The number of benzene rings is 3. The summed E-state index contributed by atoms with van der Waals surface area (Å²) in [5.74, 6) is 1.28. The van der Waals surface area contributed by atoms with E-state index >= 15 is 0 Å². The highest BCUT2D eigenvalue weighted by molar-refractivity contribution is 7.89. The summed E-state index contributed by atoms with van der Waals surface area (Å²) in [7, 11) is 0.585. The Kier molecular flexibility index (Phi) is 7.03. The molecule has 3 rings (SSSR count). The molecule has 0 aliphatic rings. The Labute approximate surface area is 188 Å². The summed E-state index contributed by atoms with van der Waals surface area (Å²) >= 11 is 0. The Morgan fingerprint density at radius 2 is 1.44 bits per heavy atom. The molecule has 0 bridgehead atoms. The highest BCUT2D eigenvalue weighted by Gasteiger charge is 2.29. The summed E-state index contributed by atoms with van der Waals surface area (Å²) < 4.78 is 45.8. The van der Waals surface area contributed by atoms with E-state index in [1.807, 2.05) is 6.92 Å². The third-order valence-electron chi connectivity index (χ3n) is 5.02. The second kappa shape index (κ2) is 9.73. The monoisotopic (exact) mass is 452 g/mol. The Morgan fingerprint density at radius 3 is 1.91 bits per heavy atom. The molecule has 3 aromatic carbocycles. The summed E-state index contributed by atoms with van der Waals surface area (Å²) in [6.45, 7) is 1.89. The van der Waals surface area contributed by atoms with Crippen LogP contribution in [0.3, 0.4) is 0 Å². The first kappa shape index (κ1) is 23.1. The summed E-state index contributed by atoms with van der Waals surface area (Å²) in [4.78, 5) is 0.133. The van der Waals surface area contributed by atoms with Crippen molar-refractivity contribution >= 4 is 10.0 Å². The van der Waals surface area contributed by atoms with Crippen LogP contribution in [0.1, 0.15) is 28.3 Å². The van der Waals surface area contributed by atoms with Crippen LogP contribution in [0.25, 0.3) is 0 Å². The molecule has 0 radical (unpaired) electrons. The molecule has 3 aromatic rings. The maximum Gasteiger partial charge on any atom is 0.241 e. The summed E-state index contributed by atoms with van der Waals surface area (Å²) in [6, 6.07) is 17.8. The maximum atomic E-state index is 13.3. The minimum atomic E-state index is -3.91. The third kappa shape index (κ3) is 4.85. The van der Waals surface area contributed by atoms with Crippen molar-refractivity contribution in [3.05, 3.63) is 82.9 Å². The van der Waals surface area contributed by atoms with Gasteiger partial charge in [-0.3, -0.25) is 0 Å². The molecule has 32 heavy (non-hydrogen) atoms. The Balaban J connectivity index is 2.20. The van der Waals surface area contributed by atoms with Crippen LogP contribution in [-0.4, -0.2) is 29.7 Å². The molecule has 8 heteroatoms. The quantitative estimate of drug-likeness (QED) is 0.556. The van der Waals surface area contributed by atoms with E-state index in [2.05, 4.69) is 10.8 Å². The number of rotatable bonds is 8. The van der Waals surface area contributed by atoms with Crippen LogP contribution in [0.5, 0.6) is 17.2 Å². The molecular formula is C24H24N2O5S. The number of methoxy groups -OCH3 is 3. The zero-order valence-corrected chi connectivity index (χ0v) is 19.1. The molecule has 166 valence electrons. The first-order chi connectivity index (χ1) is 15.3. The van der Waals surface area contributed by atoms with Gasteiger partial charge in [0.25, 0.3) is 0 Å². The lowest BCUT2D eigenvalue weighted by Gasteiger charge is -2.24. The number of ether oxygens (including phenoxy) is 3. The topological polar surface area (TPSA) is 97.6 Å². The molecule has 0 aliphatic heterocycles. The Hall–Kier alpha value is -3.54. The highest BCUT2D eigenvalue weighted by Crippen LogP contribution is 2.41. The van der Waals surface area contributed by atoms with Crippen LogP contribution in [0.4, 0.5) is 0 Å². The van der Waals surface area contributed by atoms with E-state index < -0.39 is 16.1 Å². The van der Waals surface area contributed by atoms with Gasteiger partial charge in [0.15, 0.2) is 0 Å². The smallest absolute Gasteiger partial charge is 0.241 e. The van der Waals surface area contributed by atoms with Crippen molar-refractivity contribution in [3.8, 4) is 23.3 Å². The fourth-order valence-electron chi connectivity index (χ4n) is 3.30. The lowest BCUT2D eigenvalue weighted by molar-refractivity contribution is 0.365. The van der Waals surface area contributed by atoms with Gasteiger partial charge in [-0.1, -0.05) is 29.8 Å². The molecule has 0 heterocycles. The number of hydrogen-bond acceptors (Lipinski definition) is 6. The van der Waals surface area contributed by atoms with Crippen molar-refractivity contribution in [1.82, 2.24) is 4.72 Å². The minimum Gasteiger partial charge on any atom is -0.496 e. The van der Waals surface area contributed by atoms with E-state index in [0.29, 0.717) is 33.9 Å². The average molecular weight is 453 g/mol. The second-order valence-electron chi connectivity index (χ2n) is 7.05. The van der Waals surface area contributed by atoms with Crippen molar-refractivity contribution in [1.29, 1.82) is 5.26 Å². The lowest BCUT2D eigenvalue weighted by atomic mass is 9.96. The molecule has 0 spiro atoms. The van der Waals surface area contributed by atoms with E-state index in [4.69, 9.17) is 19.5 Å². The van der Waals surface area contributed by atoms with E-state index in [1.165, 1.54) is 21.3 Å². The molecule has 0 aromatic heterocycles. The highest BCUT2D eigenvalue weighted by atomic mass is 32.2.